The van der Waals surface area contributed by atoms with Gasteiger partial charge in [0.1, 0.15) is 11.5 Å². The maximum atomic E-state index is 13.8. The Bertz CT molecular complexity index is 1490. The second kappa shape index (κ2) is 9.34. The predicted molar refractivity (Wildman–Crippen MR) is 132 cm³/mol. The van der Waals surface area contributed by atoms with Crippen LogP contribution in [0.3, 0.4) is 0 Å². The van der Waals surface area contributed by atoms with Crippen molar-refractivity contribution in [3.63, 3.8) is 0 Å². The molecule has 180 valence electrons. The summed E-state index contributed by atoms with van der Waals surface area (Å²) in [5.74, 6) is -3.75. The van der Waals surface area contributed by atoms with Gasteiger partial charge in [-0.3, -0.25) is 4.79 Å². The molecule has 0 radical (unpaired) electrons. The van der Waals surface area contributed by atoms with Gasteiger partial charge in [-0.2, -0.15) is 0 Å². The molecule has 1 aliphatic heterocycles. The summed E-state index contributed by atoms with van der Waals surface area (Å²) in [5, 5.41) is 10.6. The molecule has 3 amide bonds. The maximum Gasteiger partial charge on any atom is 0.323 e. The van der Waals surface area contributed by atoms with Gasteiger partial charge in [-0.1, -0.05) is 12.1 Å². The number of anilines is 5. The summed E-state index contributed by atoms with van der Waals surface area (Å²) in [4.78, 5) is 27.7. The standard InChI is InChI=1S/C26H18F3N5O2/c27-14-9-21(28)24(22(29)10-14)34-26(36)32-17-4-1-3-16(11-17)31-18-6-7-19-20(12-15-5-2-8-30-15)25(35)33-23(19)13-18/h1-13,30-31H,(H,33,35)(H2,32,34,36). The van der Waals surface area contributed by atoms with Crippen LogP contribution in [0.5, 0.6) is 0 Å². The molecule has 0 aliphatic carbocycles. The Morgan fingerprint density at radius 2 is 1.58 bits per heavy atom. The molecular formula is C26H18F3N5O2. The minimum absolute atomic E-state index is 0.206. The van der Waals surface area contributed by atoms with E-state index in [1.165, 1.54) is 0 Å². The molecule has 0 saturated carbocycles. The Hall–Kier alpha value is -4.99. The lowest BCUT2D eigenvalue weighted by Crippen LogP contribution is -2.21. The summed E-state index contributed by atoms with van der Waals surface area (Å²) >= 11 is 0. The lowest BCUT2D eigenvalue weighted by Gasteiger charge is -2.12. The summed E-state index contributed by atoms with van der Waals surface area (Å²) in [6.07, 6.45) is 3.55. The van der Waals surface area contributed by atoms with E-state index in [4.69, 9.17) is 0 Å². The number of aromatic amines is 1. The highest BCUT2D eigenvalue weighted by Gasteiger charge is 2.24. The van der Waals surface area contributed by atoms with E-state index in [9.17, 15) is 22.8 Å². The molecule has 0 bridgehead atoms. The van der Waals surface area contributed by atoms with Crippen molar-refractivity contribution in [1.82, 2.24) is 4.98 Å². The molecule has 0 spiro atoms. The zero-order valence-electron chi connectivity index (χ0n) is 18.5. The van der Waals surface area contributed by atoms with E-state index in [1.54, 1.807) is 42.6 Å². The van der Waals surface area contributed by atoms with Crippen LogP contribution in [0, 0.1) is 17.5 Å². The van der Waals surface area contributed by atoms with Gasteiger partial charge in [0.2, 0.25) is 0 Å². The number of H-pyrrole nitrogens is 1. The number of hydrogen-bond donors (Lipinski definition) is 5. The lowest BCUT2D eigenvalue weighted by molar-refractivity contribution is -0.110. The van der Waals surface area contributed by atoms with Gasteiger partial charge in [-0.05, 0) is 48.5 Å². The van der Waals surface area contributed by atoms with Crippen molar-refractivity contribution in [3.8, 4) is 0 Å². The fourth-order valence-corrected chi connectivity index (χ4v) is 3.78. The van der Waals surface area contributed by atoms with Crippen LogP contribution in [0.4, 0.5) is 46.4 Å². The fraction of sp³-hybridized carbons (Fsp3) is 0. The number of carbonyl (C=O) groups is 2. The van der Waals surface area contributed by atoms with Crippen LogP contribution in [0.1, 0.15) is 11.3 Å². The number of rotatable bonds is 5. The van der Waals surface area contributed by atoms with E-state index < -0.39 is 29.2 Å². The van der Waals surface area contributed by atoms with Crippen molar-refractivity contribution in [2.24, 2.45) is 0 Å². The molecule has 4 aromatic rings. The normalized spacial score (nSPS) is 13.3. The molecule has 0 fully saturated rings. The van der Waals surface area contributed by atoms with Gasteiger partial charge in [-0.25, -0.2) is 18.0 Å². The minimum Gasteiger partial charge on any atom is -0.362 e. The van der Waals surface area contributed by atoms with Crippen LogP contribution in [-0.4, -0.2) is 16.9 Å². The van der Waals surface area contributed by atoms with Gasteiger partial charge in [0.25, 0.3) is 5.91 Å². The van der Waals surface area contributed by atoms with Crippen molar-refractivity contribution in [2.75, 3.05) is 21.3 Å². The predicted octanol–water partition coefficient (Wildman–Crippen LogP) is 6.31. The van der Waals surface area contributed by atoms with Crippen molar-refractivity contribution in [3.05, 3.63) is 102 Å². The van der Waals surface area contributed by atoms with E-state index in [0.29, 0.717) is 40.5 Å². The molecule has 1 aromatic heterocycles. The zero-order chi connectivity index (χ0) is 25.2. The highest BCUT2D eigenvalue weighted by Crippen LogP contribution is 2.35. The number of urea groups is 1. The molecule has 0 saturated heterocycles. The Labute approximate surface area is 203 Å². The number of carbonyl (C=O) groups excluding carboxylic acids is 2. The van der Waals surface area contributed by atoms with Gasteiger partial charge in [0, 0.05) is 46.6 Å². The summed E-state index contributed by atoms with van der Waals surface area (Å²) in [7, 11) is 0. The molecule has 36 heavy (non-hydrogen) atoms. The SMILES string of the molecule is O=C(Nc1cccc(Nc2ccc3c(c2)NC(=O)C3=Cc2ccc[nH]2)c1)Nc1c(F)cc(F)cc1F. The molecule has 0 unspecified atom stereocenters. The van der Waals surface area contributed by atoms with Gasteiger partial charge >= 0.3 is 6.03 Å². The molecule has 5 rings (SSSR count). The van der Waals surface area contributed by atoms with E-state index in [-0.39, 0.29) is 5.91 Å². The smallest absolute Gasteiger partial charge is 0.323 e. The van der Waals surface area contributed by atoms with Crippen LogP contribution in [0.15, 0.2) is 72.9 Å². The largest absolute Gasteiger partial charge is 0.362 e. The second-order valence-electron chi connectivity index (χ2n) is 7.93. The quantitative estimate of drug-likeness (QED) is 0.213. The Balaban J connectivity index is 1.29. The topological polar surface area (TPSA) is 98.1 Å². The molecule has 2 heterocycles. The molecule has 7 nitrogen and oxygen atoms in total. The van der Waals surface area contributed by atoms with Crippen molar-refractivity contribution in [1.29, 1.82) is 0 Å². The molecule has 10 heteroatoms. The third kappa shape index (κ3) is 4.78. The number of nitrogens with one attached hydrogen (secondary N) is 5. The van der Waals surface area contributed by atoms with E-state index in [2.05, 4.69) is 20.9 Å². The van der Waals surface area contributed by atoms with Crippen LogP contribution in [0.2, 0.25) is 0 Å². The highest BCUT2D eigenvalue weighted by atomic mass is 19.1. The minimum atomic E-state index is -1.23. The van der Waals surface area contributed by atoms with Crippen molar-refractivity contribution in [2.45, 2.75) is 0 Å². The summed E-state index contributed by atoms with van der Waals surface area (Å²) in [5.41, 5.74) is 3.66. The highest BCUT2D eigenvalue weighted by molar-refractivity contribution is 6.35. The molecular weight excluding hydrogens is 471 g/mol. The van der Waals surface area contributed by atoms with Gasteiger partial charge in [0.05, 0.1) is 11.3 Å². The number of hydrogen-bond acceptors (Lipinski definition) is 3. The summed E-state index contributed by atoms with van der Waals surface area (Å²) < 4.78 is 40.6. The van der Waals surface area contributed by atoms with E-state index in [0.717, 1.165) is 11.3 Å². The summed E-state index contributed by atoms with van der Waals surface area (Å²) in [6, 6.07) is 15.8. The number of aromatic nitrogens is 1. The number of halogens is 3. The zero-order valence-corrected chi connectivity index (χ0v) is 18.5. The average molecular weight is 489 g/mol. The number of benzene rings is 3. The van der Waals surface area contributed by atoms with Gasteiger partial charge in [-0.15, -0.1) is 0 Å². The Kier molecular flexibility index (Phi) is 5.91. The monoisotopic (exact) mass is 489 g/mol. The number of fused-ring (bicyclic) bond motifs is 1. The van der Waals surface area contributed by atoms with Crippen molar-refractivity contribution >= 4 is 52.0 Å². The first-order valence-electron chi connectivity index (χ1n) is 10.8. The van der Waals surface area contributed by atoms with Gasteiger partial charge < -0.3 is 26.3 Å². The molecule has 0 atom stereocenters. The molecule has 3 aromatic carbocycles. The third-order valence-electron chi connectivity index (χ3n) is 5.38. The first-order chi connectivity index (χ1) is 17.4. The Morgan fingerprint density at radius 3 is 2.33 bits per heavy atom. The maximum absolute atomic E-state index is 13.8. The molecule has 5 N–H and O–H groups in total. The Morgan fingerprint density at radius 1 is 0.833 bits per heavy atom. The first-order valence-corrected chi connectivity index (χ1v) is 10.8. The molecule has 1 aliphatic rings. The van der Waals surface area contributed by atoms with Crippen molar-refractivity contribution < 1.29 is 22.8 Å². The van der Waals surface area contributed by atoms with Crippen LogP contribution >= 0.6 is 0 Å². The van der Waals surface area contributed by atoms with E-state index >= 15 is 0 Å². The van der Waals surface area contributed by atoms with Crippen LogP contribution < -0.4 is 21.3 Å². The average Bonchev–Trinajstić information content (AvgIpc) is 3.44. The summed E-state index contributed by atoms with van der Waals surface area (Å²) in [6.45, 7) is 0. The van der Waals surface area contributed by atoms with Crippen LogP contribution in [0.25, 0.3) is 11.6 Å². The number of amides is 3. The third-order valence-corrected chi connectivity index (χ3v) is 5.38. The first kappa shape index (κ1) is 22.8. The van der Waals surface area contributed by atoms with E-state index in [1.807, 2.05) is 29.6 Å². The van der Waals surface area contributed by atoms with Gasteiger partial charge in [0.15, 0.2) is 11.6 Å². The van der Waals surface area contributed by atoms with Crippen LogP contribution in [-0.2, 0) is 4.79 Å². The lowest BCUT2D eigenvalue weighted by atomic mass is 10.1. The fourth-order valence-electron chi connectivity index (χ4n) is 3.78. The second-order valence-corrected chi connectivity index (χ2v) is 7.93.